The molecule has 0 saturated carbocycles. The molecule has 4 aromatic rings. The van der Waals surface area contributed by atoms with Crippen molar-refractivity contribution in [1.82, 2.24) is 57.2 Å². The first-order chi connectivity index (χ1) is 55.4. The van der Waals surface area contributed by atoms with Gasteiger partial charge in [-0.15, -0.1) is 11.8 Å². The van der Waals surface area contributed by atoms with E-state index in [1.165, 1.54) is 27.8 Å². The van der Waals surface area contributed by atoms with E-state index in [-0.39, 0.29) is 38.6 Å². The number of hydrogen-bond donors (Lipinski definition) is 15. The topological polar surface area (TPSA) is 544 Å². The molecule has 2 fully saturated rings. The number of fused-ring (bicyclic) bond motifs is 1. The van der Waals surface area contributed by atoms with Crippen LogP contribution in [0.4, 0.5) is 0 Å². The molecule has 2 aliphatic rings. The number of carbonyl (C=O) groups excluding carboxylic acids is 15. The van der Waals surface area contributed by atoms with E-state index in [9.17, 15) is 103 Å². The second kappa shape index (κ2) is 45.8. The average Bonchev–Trinajstić information content (AvgIpc) is 1.26. The van der Waals surface area contributed by atoms with Crippen molar-refractivity contribution in [3.05, 3.63) is 132 Å². The molecular weight excluding hydrogens is 1540 g/mol. The Hall–Kier alpha value is -11.3. The maximum atomic E-state index is 15.2. The van der Waals surface area contributed by atoms with Crippen LogP contribution in [0.2, 0.25) is 0 Å². The molecule has 0 unspecified atom stereocenters. The summed E-state index contributed by atoms with van der Waals surface area (Å²) in [7, 11) is 2.36. The fourth-order valence-electron chi connectivity index (χ4n) is 13.5. The minimum absolute atomic E-state index is 0.0241. The Labute approximate surface area is 680 Å². The van der Waals surface area contributed by atoms with Crippen LogP contribution in [0.5, 0.6) is 0 Å². The Morgan fingerprint density at radius 3 is 1.63 bits per heavy atom. The number of aliphatic carboxylic acids is 2. The van der Waals surface area contributed by atoms with E-state index in [0.29, 0.717) is 16.7 Å². The van der Waals surface area contributed by atoms with Crippen molar-refractivity contribution < 1.29 is 112 Å². The molecule has 16 N–H and O–H groups in total. The summed E-state index contributed by atoms with van der Waals surface area (Å²) in [4.78, 5) is 242. The van der Waals surface area contributed by atoms with Gasteiger partial charge in [-0.3, -0.25) is 81.5 Å². The van der Waals surface area contributed by atoms with Crippen molar-refractivity contribution in [2.75, 3.05) is 51.9 Å². The molecule has 6 rings (SSSR count). The van der Waals surface area contributed by atoms with Gasteiger partial charge in [0.15, 0.2) is 17.3 Å². The maximum Gasteiger partial charge on any atom is 0.304 e. The summed E-state index contributed by atoms with van der Waals surface area (Å²) < 4.78 is 0. The molecule has 36 heteroatoms. The van der Waals surface area contributed by atoms with Crippen LogP contribution < -0.4 is 48.3 Å². The predicted octanol–water partition coefficient (Wildman–Crippen LogP) is -1.74. The number of nitrogens with zero attached hydrogens (tertiary/aromatic N) is 3. The van der Waals surface area contributed by atoms with Gasteiger partial charge in [-0.2, -0.15) is 0 Å². The third-order valence-electron chi connectivity index (χ3n) is 20.4. The molecule has 2 aliphatic heterocycles. The van der Waals surface area contributed by atoms with E-state index < -0.39 is 266 Å². The summed E-state index contributed by atoms with van der Waals surface area (Å²) in [6.07, 6.45) is -9.31. The van der Waals surface area contributed by atoms with Gasteiger partial charge in [0.25, 0.3) is 0 Å². The molecule has 0 aromatic heterocycles. The van der Waals surface area contributed by atoms with Gasteiger partial charge in [0.2, 0.25) is 70.9 Å². The molecule has 2 heterocycles. The summed E-state index contributed by atoms with van der Waals surface area (Å²) in [5.74, 6) is -25.2. The Balaban J connectivity index is 1.41. The fourth-order valence-corrected chi connectivity index (χ4v) is 14.4. The zero-order chi connectivity index (χ0) is 86.5. The number of likely N-dealkylation sites (N-methyl/N-ethyl adjacent to an activating group) is 2. The van der Waals surface area contributed by atoms with Gasteiger partial charge in [0, 0.05) is 71.3 Å². The smallest absolute Gasteiger partial charge is 0.304 e. The van der Waals surface area contributed by atoms with Gasteiger partial charge < -0.3 is 93.6 Å². The molecule has 12 amide bonds. The van der Waals surface area contributed by atoms with Crippen LogP contribution in [-0.4, -0.2) is 270 Å². The quantitative estimate of drug-likeness (QED) is 0.0467. The molecule has 634 valence electrons. The first kappa shape index (κ1) is 94.5. The van der Waals surface area contributed by atoms with Crippen molar-refractivity contribution in [3.8, 4) is 11.1 Å². The first-order valence-electron chi connectivity index (χ1n) is 38.3. The molecule has 0 bridgehead atoms. The Morgan fingerprint density at radius 1 is 0.530 bits per heavy atom. The normalized spacial score (nSPS) is 25.2. The van der Waals surface area contributed by atoms with Crippen LogP contribution in [0, 0.1) is 23.7 Å². The lowest BCUT2D eigenvalue weighted by Gasteiger charge is -2.34. The highest BCUT2D eigenvalue weighted by atomic mass is 32.2. The summed E-state index contributed by atoms with van der Waals surface area (Å²) in [6.45, 7) is 3.42. The zero-order valence-corrected chi connectivity index (χ0v) is 67.0. The Kier molecular flexibility index (Phi) is 37.0. The number of ketones is 3. The number of carboxylic acids is 2. The number of carboxylic acid groups (broad SMARTS) is 2. The highest BCUT2D eigenvalue weighted by Crippen LogP contribution is 2.26. The third kappa shape index (κ3) is 28.5. The molecule has 117 heavy (non-hydrogen) atoms. The minimum Gasteiger partial charge on any atom is -0.481 e. The highest BCUT2D eigenvalue weighted by molar-refractivity contribution is 8.00. The second-order valence-corrected chi connectivity index (χ2v) is 30.6. The number of nitrogens with two attached hydrogens (primary N) is 1. The maximum absolute atomic E-state index is 15.2. The number of thioether (sulfide) groups is 1. The van der Waals surface area contributed by atoms with E-state index in [4.69, 9.17) is 5.73 Å². The molecular formula is C81H106N12O23S. The van der Waals surface area contributed by atoms with Gasteiger partial charge in [-0.1, -0.05) is 129 Å². The Morgan fingerprint density at radius 2 is 1.07 bits per heavy atom. The number of aliphatic hydroxyl groups excluding tert-OH is 4. The first-order valence-corrected chi connectivity index (χ1v) is 39.5. The molecule has 4 aromatic carbocycles. The molecule has 15 atom stereocenters. The number of Topliss-reactive ketones (excluding diaryl/α,β-unsaturated/α-hetero) is 3. The number of amides is 12. The number of hydrogen-bond acceptors (Lipinski definition) is 22. The third-order valence-corrected chi connectivity index (χ3v) is 21.4. The van der Waals surface area contributed by atoms with Crippen molar-refractivity contribution >= 4 is 112 Å². The van der Waals surface area contributed by atoms with Crippen LogP contribution in [0.25, 0.3) is 11.1 Å². The number of primary amides is 1. The lowest BCUT2D eigenvalue weighted by molar-refractivity contribution is -0.146. The monoisotopic (exact) mass is 1650 g/mol. The van der Waals surface area contributed by atoms with Gasteiger partial charge in [-0.05, 0) is 73.8 Å². The molecule has 0 radical (unpaired) electrons. The summed E-state index contributed by atoms with van der Waals surface area (Å²) in [5, 5.41) is 83.7. The van der Waals surface area contributed by atoms with Crippen molar-refractivity contribution in [2.24, 2.45) is 29.4 Å². The number of carbonyl (C=O) groups is 17. The van der Waals surface area contributed by atoms with Gasteiger partial charge >= 0.3 is 11.9 Å². The van der Waals surface area contributed by atoms with E-state index in [1.807, 2.05) is 30.3 Å². The van der Waals surface area contributed by atoms with Crippen molar-refractivity contribution in [2.45, 2.75) is 178 Å². The van der Waals surface area contributed by atoms with Crippen LogP contribution in [0.1, 0.15) is 103 Å². The Bertz CT molecular complexity index is 4180. The van der Waals surface area contributed by atoms with Gasteiger partial charge in [0.05, 0.1) is 74.0 Å². The van der Waals surface area contributed by atoms with Crippen molar-refractivity contribution in [1.29, 1.82) is 0 Å². The molecule has 0 spiro atoms. The van der Waals surface area contributed by atoms with E-state index in [1.54, 1.807) is 84.9 Å². The molecule has 35 nitrogen and oxygen atoms in total. The number of benzene rings is 4. The van der Waals surface area contributed by atoms with Crippen LogP contribution in [-0.2, 0) is 101 Å². The molecule has 2 saturated heterocycles. The SMILES string of the molecule is CC(C)[C@@H]1NC(=O)[C@H](Cc2ccccc2)NC(=O)CSC[C@@H](C(=O)NCC(N)=O)NC(=O)[C@@H]2CCCN2C(=O)[C@H](CO)CC(=O)[C@H](CCC(=O)O)NC(=O)[C@H](C)N(C)C(=O)[C@H](Cc2ccc(-c3ccccc3)cc2)NC(=O)[C@H](Cc2ccccc2)N(C)C(=O)[C@H](CO)NC(=O)[C@H]([C@@H](C)O)CC(=O)[C@H]([C@@H](C)O)NC(=O)[C@H](CC(=O)O)CC1=O. The zero-order valence-electron chi connectivity index (χ0n) is 66.2. The number of aliphatic hydroxyl groups is 4. The van der Waals surface area contributed by atoms with Gasteiger partial charge in [-0.25, -0.2) is 0 Å². The van der Waals surface area contributed by atoms with Crippen molar-refractivity contribution in [3.63, 3.8) is 0 Å². The summed E-state index contributed by atoms with van der Waals surface area (Å²) in [5.41, 5.74) is 8.35. The van der Waals surface area contributed by atoms with Gasteiger partial charge in [0.1, 0.15) is 48.3 Å². The van der Waals surface area contributed by atoms with Crippen LogP contribution >= 0.6 is 11.8 Å². The average molecular weight is 1650 g/mol. The highest BCUT2D eigenvalue weighted by Gasteiger charge is 2.44. The predicted molar refractivity (Wildman–Crippen MR) is 423 cm³/mol. The summed E-state index contributed by atoms with van der Waals surface area (Å²) >= 11 is 0.761. The van der Waals surface area contributed by atoms with E-state index in [0.717, 1.165) is 58.5 Å². The largest absolute Gasteiger partial charge is 0.481 e. The lowest BCUT2D eigenvalue weighted by atomic mass is 9.88. The van der Waals surface area contributed by atoms with E-state index >= 15 is 9.59 Å². The fraction of sp³-hybridized carbons (Fsp3) is 0.494. The van der Waals surface area contributed by atoms with Crippen LogP contribution in [0.3, 0.4) is 0 Å². The van der Waals surface area contributed by atoms with E-state index in [2.05, 4.69) is 42.5 Å². The standard InChI is InChI=1S/C81H106N12O23S/c1-44(2)70-64(99)35-53(37-69(105)106)73(108)90-71(47(5)97)65(100)38-55(46(4)96)74(109)87-59(41-95)81(116)92(7)62(34-49-20-13-9-14-21-49)78(113)86-58(33-50-25-27-52(28-26-50)51-22-15-10-16-23-51)80(115)91(6)45(3)72(107)85-56(29-30-68(103)104)63(98)36-54(40-94)79(114)93-31-17-24-61(93)77(112)88-60(75(110)83-39-66(82)101)42-117-43-67(102)84-57(76(111)89-70)32-48-18-11-8-12-19-48/h8-16,18-23,25-28,44-47,53-62,70-71,94-97H,17,24,29-43H2,1-7H3,(H2,82,101)(H,83,110)(H,84,102)(H,85,107)(H,86,113)(H,87,109)(H,88,112)(H,89,111)(H,90,108)(H,103,104)(H,105,106)/t45-,46+,47+,53-,54-,55-,56-,57-,58-,59-,60-,61-,62-,70-,71-/m0/s1. The second-order valence-electron chi connectivity index (χ2n) is 29.6. The summed E-state index contributed by atoms with van der Waals surface area (Å²) in [6, 6.07) is 16.2. The number of rotatable bonds is 20. The molecule has 0 aliphatic carbocycles. The lowest BCUT2D eigenvalue weighted by Crippen LogP contribution is -2.60. The minimum atomic E-state index is -1.97. The van der Waals surface area contributed by atoms with Crippen LogP contribution in [0.15, 0.2) is 115 Å². The number of nitrogens with one attached hydrogen (secondary N) is 8.